The van der Waals surface area contributed by atoms with E-state index in [1.54, 1.807) is 31.2 Å². The largest absolute Gasteiger partial charge is 0.326 e. The van der Waals surface area contributed by atoms with Crippen LogP contribution in [0.4, 0.5) is 11.4 Å². The van der Waals surface area contributed by atoms with Crippen molar-refractivity contribution >= 4 is 23.2 Å². The molecule has 0 spiro atoms. The molecule has 2 aromatic carbocycles. The zero-order valence-corrected chi connectivity index (χ0v) is 12.1. The molecule has 0 heterocycles. The molecule has 0 saturated heterocycles. The van der Waals surface area contributed by atoms with E-state index in [0.717, 1.165) is 11.3 Å². The Hall–Kier alpha value is -2.62. The van der Waals surface area contributed by atoms with Crippen LogP contribution in [0.25, 0.3) is 0 Å². The number of rotatable bonds is 4. The highest BCUT2D eigenvalue weighted by molar-refractivity contribution is 6.05. The molecule has 2 rings (SSSR count). The van der Waals surface area contributed by atoms with Crippen LogP contribution in [0.3, 0.4) is 0 Å². The standard InChI is InChI=1S/C17H18N2O2/c1-3-16(20)18-15-9-5-7-13(11-15)17(21)19-14-8-4-6-12(2)10-14/h4-11H,3H2,1-2H3,(H,18,20)(H,19,21). The van der Waals surface area contributed by atoms with Gasteiger partial charge in [-0.15, -0.1) is 0 Å². The maximum atomic E-state index is 12.2. The van der Waals surface area contributed by atoms with E-state index in [0.29, 0.717) is 17.7 Å². The van der Waals surface area contributed by atoms with Crippen molar-refractivity contribution in [2.24, 2.45) is 0 Å². The average molecular weight is 282 g/mol. The molecule has 2 amide bonds. The number of carbonyl (C=O) groups is 2. The zero-order chi connectivity index (χ0) is 15.2. The molecule has 4 heteroatoms. The van der Waals surface area contributed by atoms with Crippen LogP contribution in [0.1, 0.15) is 29.3 Å². The van der Waals surface area contributed by atoms with E-state index in [2.05, 4.69) is 10.6 Å². The fourth-order valence-corrected chi connectivity index (χ4v) is 1.91. The van der Waals surface area contributed by atoms with Crippen molar-refractivity contribution in [3.63, 3.8) is 0 Å². The summed E-state index contributed by atoms with van der Waals surface area (Å²) in [6, 6.07) is 14.5. The number of carbonyl (C=O) groups excluding carboxylic acids is 2. The van der Waals surface area contributed by atoms with Gasteiger partial charge < -0.3 is 10.6 Å². The molecule has 0 aliphatic heterocycles. The minimum atomic E-state index is -0.201. The Labute approximate surface area is 124 Å². The third-order valence-electron chi connectivity index (χ3n) is 3.01. The van der Waals surface area contributed by atoms with E-state index < -0.39 is 0 Å². The van der Waals surface area contributed by atoms with Crippen LogP contribution >= 0.6 is 0 Å². The van der Waals surface area contributed by atoms with Gasteiger partial charge in [0.1, 0.15) is 0 Å². The van der Waals surface area contributed by atoms with Gasteiger partial charge in [0.2, 0.25) is 5.91 Å². The van der Waals surface area contributed by atoms with E-state index in [1.165, 1.54) is 0 Å². The molecule has 4 nitrogen and oxygen atoms in total. The van der Waals surface area contributed by atoms with Gasteiger partial charge in [0.05, 0.1) is 0 Å². The minimum Gasteiger partial charge on any atom is -0.326 e. The summed E-state index contributed by atoms with van der Waals surface area (Å²) < 4.78 is 0. The van der Waals surface area contributed by atoms with Gasteiger partial charge in [-0.25, -0.2) is 0 Å². The highest BCUT2D eigenvalue weighted by Gasteiger charge is 2.08. The Balaban J connectivity index is 2.12. The predicted octanol–water partition coefficient (Wildman–Crippen LogP) is 3.60. The monoisotopic (exact) mass is 282 g/mol. The van der Waals surface area contributed by atoms with Crippen LogP contribution in [-0.2, 0) is 4.79 Å². The van der Waals surface area contributed by atoms with Crippen LogP contribution in [-0.4, -0.2) is 11.8 Å². The van der Waals surface area contributed by atoms with Crippen LogP contribution < -0.4 is 10.6 Å². The van der Waals surface area contributed by atoms with Gasteiger partial charge >= 0.3 is 0 Å². The summed E-state index contributed by atoms with van der Waals surface area (Å²) >= 11 is 0. The average Bonchev–Trinajstić information content (AvgIpc) is 2.47. The van der Waals surface area contributed by atoms with Gasteiger partial charge in [-0.05, 0) is 42.8 Å². The first kappa shape index (κ1) is 14.8. The lowest BCUT2D eigenvalue weighted by atomic mass is 10.1. The second-order valence-corrected chi connectivity index (χ2v) is 4.81. The Morgan fingerprint density at radius 3 is 2.29 bits per heavy atom. The molecule has 21 heavy (non-hydrogen) atoms. The summed E-state index contributed by atoms with van der Waals surface area (Å²) in [5.74, 6) is -0.278. The first-order valence-corrected chi connectivity index (χ1v) is 6.86. The summed E-state index contributed by atoms with van der Waals surface area (Å²) in [6.07, 6.45) is 0.402. The van der Waals surface area contributed by atoms with Gasteiger partial charge in [-0.3, -0.25) is 9.59 Å². The van der Waals surface area contributed by atoms with E-state index in [9.17, 15) is 9.59 Å². The molecule has 0 aromatic heterocycles. The predicted molar refractivity (Wildman–Crippen MR) is 84.5 cm³/mol. The molecular weight excluding hydrogens is 264 g/mol. The lowest BCUT2D eigenvalue weighted by Crippen LogP contribution is -2.13. The van der Waals surface area contributed by atoms with Gasteiger partial charge in [0.15, 0.2) is 0 Å². The number of aryl methyl sites for hydroxylation is 1. The molecule has 0 saturated carbocycles. The molecule has 0 aliphatic carbocycles. The van der Waals surface area contributed by atoms with Crippen molar-refractivity contribution in [1.29, 1.82) is 0 Å². The second-order valence-electron chi connectivity index (χ2n) is 4.81. The van der Waals surface area contributed by atoms with Gasteiger partial charge in [-0.1, -0.05) is 25.1 Å². The number of anilines is 2. The fraction of sp³-hybridized carbons (Fsp3) is 0.176. The maximum Gasteiger partial charge on any atom is 0.255 e. The number of hydrogen-bond donors (Lipinski definition) is 2. The van der Waals surface area contributed by atoms with Crippen molar-refractivity contribution in [3.05, 3.63) is 59.7 Å². The lowest BCUT2D eigenvalue weighted by Gasteiger charge is -2.08. The Morgan fingerprint density at radius 1 is 0.952 bits per heavy atom. The molecule has 0 radical (unpaired) electrons. The van der Waals surface area contributed by atoms with Gasteiger partial charge in [0.25, 0.3) is 5.91 Å². The number of hydrogen-bond acceptors (Lipinski definition) is 2. The van der Waals surface area contributed by atoms with Crippen molar-refractivity contribution in [2.75, 3.05) is 10.6 Å². The lowest BCUT2D eigenvalue weighted by molar-refractivity contribution is -0.115. The van der Waals surface area contributed by atoms with Crippen molar-refractivity contribution < 1.29 is 9.59 Å². The van der Waals surface area contributed by atoms with E-state index in [4.69, 9.17) is 0 Å². The van der Waals surface area contributed by atoms with Gasteiger partial charge in [-0.2, -0.15) is 0 Å². The SMILES string of the molecule is CCC(=O)Nc1cccc(C(=O)Nc2cccc(C)c2)c1. The maximum absolute atomic E-state index is 12.2. The van der Waals surface area contributed by atoms with E-state index in [1.807, 2.05) is 31.2 Å². The summed E-state index contributed by atoms with van der Waals surface area (Å²) in [5, 5.41) is 5.58. The molecule has 0 aliphatic rings. The Morgan fingerprint density at radius 2 is 1.62 bits per heavy atom. The Kier molecular flexibility index (Phi) is 4.72. The molecular formula is C17H18N2O2. The van der Waals surface area contributed by atoms with Crippen molar-refractivity contribution in [1.82, 2.24) is 0 Å². The topological polar surface area (TPSA) is 58.2 Å². The molecule has 0 unspecified atom stereocenters. The first-order chi connectivity index (χ1) is 10.1. The fourth-order valence-electron chi connectivity index (χ4n) is 1.91. The highest BCUT2D eigenvalue weighted by atomic mass is 16.2. The van der Waals surface area contributed by atoms with Crippen molar-refractivity contribution in [3.8, 4) is 0 Å². The summed E-state index contributed by atoms with van der Waals surface area (Å²) in [5.41, 5.74) is 2.96. The number of benzene rings is 2. The minimum absolute atomic E-state index is 0.0776. The summed E-state index contributed by atoms with van der Waals surface area (Å²) in [7, 11) is 0. The first-order valence-electron chi connectivity index (χ1n) is 6.86. The molecule has 2 N–H and O–H groups in total. The number of amides is 2. The van der Waals surface area contributed by atoms with Crippen LogP contribution in [0.2, 0.25) is 0 Å². The normalized spacial score (nSPS) is 10.0. The van der Waals surface area contributed by atoms with E-state index in [-0.39, 0.29) is 11.8 Å². The van der Waals surface area contributed by atoms with Crippen LogP contribution in [0, 0.1) is 6.92 Å². The highest BCUT2D eigenvalue weighted by Crippen LogP contribution is 2.14. The quantitative estimate of drug-likeness (QED) is 0.900. The summed E-state index contributed by atoms with van der Waals surface area (Å²) in [6.45, 7) is 3.75. The molecule has 2 aromatic rings. The van der Waals surface area contributed by atoms with E-state index >= 15 is 0 Å². The smallest absolute Gasteiger partial charge is 0.255 e. The van der Waals surface area contributed by atoms with Crippen LogP contribution in [0.15, 0.2) is 48.5 Å². The summed E-state index contributed by atoms with van der Waals surface area (Å²) in [4.78, 5) is 23.6. The Bertz CT molecular complexity index is 665. The third kappa shape index (κ3) is 4.18. The molecule has 0 atom stereocenters. The third-order valence-corrected chi connectivity index (χ3v) is 3.01. The molecule has 0 bridgehead atoms. The van der Waals surface area contributed by atoms with Crippen LogP contribution in [0.5, 0.6) is 0 Å². The zero-order valence-electron chi connectivity index (χ0n) is 12.1. The molecule has 0 fully saturated rings. The van der Waals surface area contributed by atoms with Gasteiger partial charge in [0, 0.05) is 23.4 Å². The number of nitrogens with one attached hydrogen (secondary N) is 2. The van der Waals surface area contributed by atoms with Crippen molar-refractivity contribution in [2.45, 2.75) is 20.3 Å². The second kappa shape index (κ2) is 6.70. The molecule has 108 valence electrons.